The summed E-state index contributed by atoms with van der Waals surface area (Å²) in [5.74, 6) is -0.881. The van der Waals surface area contributed by atoms with Crippen LogP contribution < -0.4 is 5.32 Å². The summed E-state index contributed by atoms with van der Waals surface area (Å²) in [6.45, 7) is 2.39. The average Bonchev–Trinajstić information content (AvgIpc) is 2.42. The number of benzene rings is 2. The minimum Gasteiger partial charge on any atom is -0.480 e. The standard InChI is InChI=1S/C16H16ClNO2/c1-11-4-2-3-5-14(11)15(16(19)20)18-10-12-6-8-13(17)9-7-12/h2-9,15,18H,10H2,1H3,(H,19,20). The van der Waals surface area contributed by atoms with E-state index in [0.717, 1.165) is 16.7 Å². The number of carboxylic acid groups (broad SMARTS) is 1. The number of hydrogen-bond donors (Lipinski definition) is 2. The van der Waals surface area contributed by atoms with E-state index in [2.05, 4.69) is 5.32 Å². The van der Waals surface area contributed by atoms with Crippen molar-refractivity contribution < 1.29 is 9.90 Å². The molecule has 2 aromatic carbocycles. The molecule has 0 spiro atoms. The van der Waals surface area contributed by atoms with Crippen molar-refractivity contribution in [3.8, 4) is 0 Å². The van der Waals surface area contributed by atoms with Gasteiger partial charge in [-0.3, -0.25) is 10.1 Å². The van der Waals surface area contributed by atoms with Gasteiger partial charge in [0.1, 0.15) is 6.04 Å². The van der Waals surface area contributed by atoms with Gasteiger partial charge in [0.2, 0.25) is 0 Å². The minimum atomic E-state index is -0.881. The van der Waals surface area contributed by atoms with E-state index >= 15 is 0 Å². The van der Waals surface area contributed by atoms with Gasteiger partial charge in [0.25, 0.3) is 0 Å². The Bertz CT molecular complexity index is 596. The molecule has 0 aliphatic carbocycles. The van der Waals surface area contributed by atoms with Crippen molar-refractivity contribution in [2.45, 2.75) is 19.5 Å². The van der Waals surface area contributed by atoms with Gasteiger partial charge in [-0.25, -0.2) is 0 Å². The molecule has 0 fully saturated rings. The highest BCUT2D eigenvalue weighted by molar-refractivity contribution is 6.30. The summed E-state index contributed by atoms with van der Waals surface area (Å²) >= 11 is 5.83. The molecular formula is C16H16ClNO2. The minimum absolute atomic E-state index is 0.475. The van der Waals surface area contributed by atoms with E-state index in [9.17, 15) is 9.90 Å². The molecule has 3 nitrogen and oxygen atoms in total. The Hall–Kier alpha value is -1.84. The molecule has 1 atom stereocenters. The Morgan fingerprint density at radius 3 is 2.45 bits per heavy atom. The first kappa shape index (κ1) is 14.6. The molecule has 0 heterocycles. The zero-order valence-electron chi connectivity index (χ0n) is 11.1. The summed E-state index contributed by atoms with van der Waals surface area (Å²) in [6, 6.07) is 14.1. The normalized spacial score (nSPS) is 12.1. The Balaban J connectivity index is 2.13. The number of hydrogen-bond acceptors (Lipinski definition) is 2. The van der Waals surface area contributed by atoms with E-state index in [1.165, 1.54) is 0 Å². The van der Waals surface area contributed by atoms with Crippen LogP contribution in [0.1, 0.15) is 22.7 Å². The molecular weight excluding hydrogens is 274 g/mol. The van der Waals surface area contributed by atoms with Crippen LogP contribution in [0.5, 0.6) is 0 Å². The zero-order chi connectivity index (χ0) is 14.5. The van der Waals surface area contributed by atoms with Crippen LogP contribution in [0.4, 0.5) is 0 Å². The van der Waals surface area contributed by atoms with E-state index in [0.29, 0.717) is 11.6 Å². The van der Waals surface area contributed by atoms with Gasteiger partial charge in [0, 0.05) is 11.6 Å². The second-order valence-electron chi connectivity index (χ2n) is 4.64. The summed E-state index contributed by atoms with van der Waals surface area (Å²) in [5, 5.41) is 13.1. The van der Waals surface area contributed by atoms with Gasteiger partial charge in [-0.15, -0.1) is 0 Å². The van der Waals surface area contributed by atoms with Crippen molar-refractivity contribution in [3.05, 3.63) is 70.2 Å². The van der Waals surface area contributed by atoms with Gasteiger partial charge in [-0.1, -0.05) is 48.0 Å². The Labute approximate surface area is 123 Å². The largest absolute Gasteiger partial charge is 0.480 e. The third-order valence-electron chi connectivity index (χ3n) is 3.17. The number of aliphatic carboxylic acids is 1. The molecule has 0 bridgehead atoms. The predicted molar refractivity (Wildman–Crippen MR) is 79.8 cm³/mol. The quantitative estimate of drug-likeness (QED) is 0.885. The highest BCUT2D eigenvalue weighted by atomic mass is 35.5. The lowest BCUT2D eigenvalue weighted by molar-refractivity contribution is -0.139. The van der Waals surface area contributed by atoms with Crippen LogP contribution in [-0.4, -0.2) is 11.1 Å². The first-order chi connectivity index (χ1) is 9.58. The number of halogens is 1. The zero-order valence-corrected chi connectivity index (χ0v) is 11.9. The second-order valence-corrected chi connectivity index (χ2v) is 5.07. The summed E-state index contributed by atoms with van der Waals surface area (Å²) in [6.07, 6.45) is 0. The van der Waals surface area contributed by atoms with E-state index in [-0.39, 0.29) is 0 Å². The van der Waals surface area contributed by atoms with Crippen molar-refractivity contribution in [2.75, 3.05) is 0 Å². The number of rotatable bonds is 5. The Morgan fingerprint density at radius 2 is 1.85 bits per heavy atom. The van der Waals surface area contributed by atoms with Crippen molar-refractivity contribution in [1.82, 2.24) is 5.32 Å². The molecule has 104 valence electrons. The van der Waals surface area contributed by atoms with Gasteiger partial charge in [0.05, 0.1) is 0 Å². The second kappa shape index (κ2) is 6.55. The molecule has 0 aromatic heterocycles. The lowest BCUT2D eigenvalue weighted by Crippen LogP contribution is -2.28. The van der Waals surface area contributed by atoms with E-state index in [1.807, 2.05) is 43.3 Å². The van der Waals surface area contributed by atoms with Crippen molar-refractivity contribution in [3.63, 3.8) is 0 Å². The number of carboxylic acids is 1. The Morgan fingerprint density at radius 1 is 1.20 bits per heavy atom. The van der Waals surface area contributed by atoms with Gasteiger partial charge < -0.3 is 5.11 Å². The molecule has 0 amide bonds. The maximum Gasteiger partial charge on any atom is 0.325 e. The van der Waals surface area contributed by atoms with Crippen LogP contribution in [0.15, 0.2) is 48.5 Å². The fraction of sp³-hybridized carbons (Fsp3) is 0.188. The number of carbonyl (C=O) groups is 1. The van der Waals surface area contributed by atoms with Gasteiger partial charge in [0.15, 0.2) is 0 Å². The highest BCUT2D eigenvalue weighted by Crippen LogP contribution is 2.18. The number of aryl methyl sites for hydroxylation is 1. The third kappa shape index (κ3) is 3.59. The van der Waals surface area contributed by atoms with Crippen LogP contribution >= 0.6 is 11.6 Å². The first-order valence-electron chi connectivity index (χ1n) is 6.34. The van der Waals surface area contributed by atoms with Gasteiger partial charge >= 0.3 is 5.97 Å². The molecule has 0 radical (unpaired) electrons. The molecule has 0 saturated carbocycles. The monoisotopic (exact) mass is 289 g/mol. The third-order valence-corrected chi connectivity index (χ3v) is 3.42. The Kier molecular flexibility index (Phi) is 4.77. The molecule has 0 aliphatic heterocycles. The summed E-state index contributed by atoms with van der Waals surface area (Å²) in [7, 11) is 0. The van der Waals surface area contributed by atoms with E-state index in [1.54, 1.807) is 12.1 Å². The van der Waals surface area contributed by atoms with Crippen LogP contribution in [0.3, 0.4) is 0 Å². The fourth-order valence-corrected chi connectivity index (χ4v) is 2.19. The smallest absolute Gasteiger partial charge is 0.325 e. The molecule has 4 heteroatoms. The van der Waals surface area contributed by atoms with Crippen molar-refractivity contribution >= 4 is 17.6 Å². The summed E-state index contributed by atoms with van der Waals surface area (Å²) in [5.41, 5.74) is 2.74. The van der Waals surface area contributed by atoms with Crippen LogP contribution in [0.25, 0.3) is 0 Å². The average molecular weight is 290 g/mol. The lowest BCUT2D eigenvalue weighted by Gasteiger charge is -2.17. The molecule has 0 aliphatic rings. The van der Waals surface area contributed by atoms with Crippen molar-refractivity contribution in [2.24, 2.45) is 0 Å². The topological polar surface area (TPSA) is 49.3 Å². The summed E-state index contributed by atoms with van der Waals surface area (Å²) < 4.78 is 0. The van der Waals surface area contributed by atoms with Gasteiger partial charge in [-0.2, -0.15) is 0 Å². The van der Waals surface area contributed by atoms with Crippen LogP contribution in [0.2, 0.25) is 5.02 Å². The van der Waals surface area contributed by atoms with Crippen LogP contribution in [0, 0.1) is 6.92 Å². The predicted octanol–water partition coefficient (Wildman–Crippen LogP) is 3.56. The molecule has 2 N–H and O–H groups in total. The highest BCUT2D eigenvalue weighted by Gasteiger charge is 2.20. The van der Waals surface area contributed by atoms with E-state index in [4.69, 9.17) is 11.6 Å². The maximum atomic E-state index is 11.4. The first-order valence-corrected chi connectivity index (χ1v) is 6.72. The molecule has 0 saturated heterocycles. The lowest BCUT2D eigenvalue weighted by atomic mass is 10.0. The van der Waals surface area contributed by atoms with Crippen LogP contribution in [-0.2, 0) is 11.3 Å². The van der Waals surface area contributed by atoms with Gasteiger partial charge in [-0.05, 0) is 35.7 Å². The molecule has 2 rings (SSSR count). The SMILES string of the molecule is Cc1ccccc1C(NCc1ccc(Cl)cc1)C(=O)O. The number of nitrogens with one attached hydrogen (secondary N) is 1. The molecule has 2 aromatic rings. The van der Waals surface area contributed by atoms with Crippen molar-refractivity contribution in [1.29, 1.82) is 0 Å². The fourth-order valence-electron chi connectivity index (χ4n) is 2.06. The summed E-state index contributed by atoms with van der Waals surface area (Å²) in [4.78, 5) is 11.4. The molecule has 20 heavy (non-hydrogen) atoms. The maximum absolute atomic E-state index is 11.4. The molecule has 1 unspecified atom stereocenters. The van der Waals surface area contributed by atoms with E-state index < -0.39 is 12.0 Å².